The molecule has 0 aromatic carbocycles. The summed E-state index contributed by atoms with van der Waals surface area (Å²) in [7, 11) is -3.66. The summed E-state index contributed by atoms with van der Waals surface area (Å²) in [6.45, 7) is 8.82. The molecule has 10 nitrogen and oxygen atoms in total. The van der Waals surface area contributed by atoms with Gasteiger partial charge in [0, 0.05) is 58.4 Å². The number of piperazine rings is 1. The molecule has 0 spiro atoms. The predicted octanol–water partition coefficient (Wildman–Crippen LogP) is 1.49. The van der Waals surface area contributed by atoms with E-state index in [9.17, 15) is 18.0 Å². The normalized spacial score (nSPS) is 25.8. The molecule has 0 radical (unpaired) electrons. The van der Waals surface area contributed by atoms with Crippen LogP contribution in [-0.2, 0) is 19.7 Å². The molecule has 3 fully saturated rings. The lowest BCUT2D eigenvalue weighted by Crippen LogP contribution is -2.56. The molecule has 0 aliphatic carbocycles. The highest BCUT2D eigenvalue weighted by Gasteiger charge is 2.37. The lowest BCUT2D eigenvalue weighted by Gasteiger charge is -2.38. The molecular weight excluding hydrogens is 458 g/mol. The minimum absolute atomic E-state index is 0.0438. The van der Waals surface area contributed by atoms with Crippen molar-refractivity contribution < 1.29 is 22.7 Å². The van der Waals surface area contributed by atoms with Crippen molar-refractivity contribution in [1.29, 1.82) is 0 Å². The van der Waals surface area contributed by atoms with Crippen molar-refractivity contribution in [2.75, 3.05) is 65.5 Å². The number of nitrogens with zero attached hydrogens (tertiary/aromatic N) is 4. The second-order valence-electron chi connectivity index (χ2n) is 9.53. The van der Waals surface area contributed by atoms with Crippen LogP contribution in [0.2, 0.25) is 0 Å². The number of ether oxygens (including phenoxy) is 1. The number of rotatable bonds is 9. The van der Waals surface area contributed by atoms with Crippen LogP contribution >= 0.6 is 0 Å². The van der Waals surface area contributed by atoms with Crippen molar-refractivity contribution in [1.82, 2.24) is 23.7 Å². The maximum Gasteiger partial charge on any atom is 0.409 e. The number of hydrogen-bond acceptors (Lipinski definition) is 6. The van der Waals surface area contributed by atoms with E-state index in [0.717, 1.165) is 19.5 Å². The standard InChI is InChI=1S/C23H43N5O5S/c1-3-21-10-5-6-12-25(21)13-8-11-24-22(29)20-9-7-14-28(19-20)34(31,32)27-17-15-26(16-18-27)23(30)33-4-2/h20-21H,3-19H2,1-2H3,(H,24,29)/t20-,21+/m1/s1. The first-order valence-corrected chi connectivity index (χ1v) is 14.4. The van der Waals surface area contributed by atoms with Gasteiger partial charge in [0.05, 0.1) is 12.5 Å². The van der Waals surface area contributed by atoms with Crippen LogP contribution in [0.1, 0.15) is 58.8 Å². The van der Waals surface area contributed by atoms with E-state index in [1.165, 1.54) is 39.2 Å². The third kappa shape index (κ3) is 7.05. The Bertz CT molecular complexity index is 772. The molecule has 0 bridgehead atoms. The van der Waals surface area contributed by atoms with Gasteiger partial charge in [-0.05, 0) is 52.0 Å². The van der Waals surface area contributed by atoms with Gasteiger partial charge in [0.2, 0.25) is 5.91 Å². The number of likely N-dealkylation sites (tertiary alicyclic amines) is 1. The summed E-state index contributed by atoms with van der Waals surface area (Å²) >= 11 is 0. The van der Waals surface area contributed by atoms with Crippen molar-refractivity contribution >= 4 is 22.2 Å². The molecule has 2 atom stereocenters. The lowest BCUT2D eigenvalue weighted by molar-refractivity contribution is -0.126. The van der Waals surface area contributed by atoms with E-state index < -0.39 is 16.3 Å². The molecule has 0 aromatic rings. The van der Waals surface area contributed by atoms with Gasteiger partial charge in [0.15, 0.2) is 0 Å². The molecule has 0 aromatic heterocycles. The zero-order chi connectivity index (χ0) is 24.6. The molecule has 1 N–H and O–H groups in total. The highest BCUT2D eigenvalue weighted by atomic mass is 32.2. The third-order valence-electron chi connectivity index (χ3n) is 7.31. The Hall–Kier alpha value is -1.43. The Kier molecular flexibility index (Phi) is 10.4. The lowest BCUT2D eigenvalue weighted by atomic mass is 9.98. The summed E-state index contributed by atoms with van der Waals surface area (Å²) in [5, 5.41) is 3.05. The quantitative estimate of drug-likeness (QED) is 0.480. The Morgan fingerprint density at radius 3 is 2.41 bits per heavy atom. The first kappa shape index (κ1) is 27.2. The number of carbonyl (C=O) groups excluding carboxylic acids is 2. The summed E-state index contributed by atoms with van der Waals surface area (Å²) in [6.07, 6.45) is 6.91. The van der Waals surface area contributed by atoms with E-state index in [2.05, 4.69) is 17.1 Å². The van der Waals surface area contributed by atoms with Gasteiger partial charge in [0.25, 0.3) is 10.2 Å². The van der Waals surface area contributed by atoms with Crippen molar-refractivity contribution in [2.24, 2.45) is 5.92 Å². The average molecular weight is 502 g/mol. The fourth-order valence-corrected chi connectivity index (χ4v) is 6.98. The maximum atomic E-state index is 13.2. The number of piperidine rings is 2. The number of nitrogens with one attached hydrogen (secondary N) is 1. The molecule has 34 heavy (non-hydrogen) atoms. The van der Waals surface area contributed by atoms with E-state index in [4.69, 9.17) is 4.74 Å². The van der Waals surface area contributed by atoms with Crippen molar-refractivity contribution in [3.63, 3.8) is 0 Å². The molecule has 11 heteroatoms. The van der Waals surface area contributed by atoms with Gasteiger partial charge in [-0.1, -0.05) is 13.3 Å². The largest absolute Gasteiger partial charge is 0.450 e. The summed E-state index contributed by atoms with van der Waals surface area (Å²) in [5.74, 6) is -0.361. The maximum absolute atomic E-state index is 13.2. The molecular formula is C23H43N5O5S. The summed E-state index contributed by atoms with van der Waals surface area (Å²) in [4.78, 5) is 28.7. The Labute approximate surface area is 205 Å². The number of amides is 2. The zero-order valence-corrected chi connectivity index (χ0v) is 21.7. The molecule has 3 rings (SSSR count). The van der Waals surface area contributed by atoms with Gasteiger partial charge in [-0.3, -0.25) is 4.79 Å². The minimum atomic E-state index is -3.66. The zero-order valence-electron chi connectivity index (χ0n) is 20.9. The molecule has 3 saturated heterocycles. The highest BCUT2D eigenvalue weighted by Crippen LogP contribution is 2.23. The van der Waals surface area contributed by atoms with Gasteiger partial charge < -0.3 is 19.9 Å². The monoisotopic (exact) mass is 501 g/mol. The molecule has 0 saturated carbocycles. The van der Waals surface area contributed by atoms with E-state index in [1.807, 2.05) is 0 Å². The van der Waals surface area contributed by atoms with Crippen LogP contribution in [0.4, 0.5) is 4.79 Å². The first-order valence-electron chi connectivity index (χ1n) is 13.1. The van der Waals surface area contributed by atoms with Gasteiger partial charge in [-0.15, -0.1) is 0 Å². The molecule has 0 unspecified atom stereocenters. The summed E-state index contributed by atoms with van der Waals surface area (Å²) in [6, 6.07) is 0.667. The molecule has 3 aliphatic rings. The van der Waals surface area contributed by atoms with Crippen LogP contribution in [0.15, 0.2) is 0 Å². The van der Waals surface area contributed by atoms with Gasteiger partial charge in [0.1, 0.15) is 0 Å². The second-order valence-corrected chi connectivity index (χ2v) is 11.5. The average Bonchev–Trinajstić information content (AvgIpc) is 2.87. The smallest absolute Gasteiger partial charge is 0.409 e. The summed E-state index contributed by atoms with van der Waals surface area (Å²) < 4.78 is 34.2. The van der Waals surface area contributed by atoms with Gasteiger partial charge in [-0.2, -0.15) is 17.0 Å². The van der Waals surface area contributed by atoms with Crippen LogP contribution < -0.4 is 5.32 Å². The van der Waals surface area contributed by atoms with E-state index in [0.29, 0.717) is 51.7 Å². The van der Waals surface area contributed by atoms with Crippen LogP contribution in [0.3, 0.4) is 0 Å². The fourth-order valence-electron chi connectivity index (χ4n) is 5.30. The van der Waals surface area contributed by atoms with Crippen LogP contribution in [0.5, 0.6) is 0 Å². The summed E-state index contributed by atoms with van der Waals surface area (Å²) in [5.41, 5.74) is 0. The second kappa shape index (κ2) is 13.0. The molecule has 196 valence electrons. The molecule has 3 heterocycles. The number of carbonyl (C=O) groups is 2. The molecule has 3 aliphatic heterocycles. The van der Waals surface area contributed by atoms with Crippen molar-refractivity contribution in [2.45, 2.75) is 64.8 Å². The fraction of sp³-hybridized carbons (Fsp3) is 0.913. The highest BCUT2D eigenvalue weighted by molar-refractivity contribution is 7.86. The van der Waals surface area contributed by atoms with Gasteiger partial charge in [-0.25, -0.2) is 4.79 Å². The van der Waals surface area contributed by atoms with Crippen molar-refractivity contribution in [3.05, 3.63) is 0 Å². The Morgan fingerprint density at radius 2 is 1.71 bits per heavy atom. The van der Waals surface area contributed by atoms with E-state index >= 15 is 0 Å². The SMILES string of the molecule is CCOC(=O)N1CCN(S(=O)(=O)N2CCC[C@@H](C(=O)NCCCN3CCCC[C@@H]3CC)C2)CC1. The topological polar surface area (TPSA) is 102 Å². The number of hydrogen-bond donors (Lipinski definition) is 1. The van der Waals surface area contributed by atoms with E-state index in [1.54, 1.807) is 6.92 Å². The minimum Gasteiger partial charge on any atom is -0.450 e. The third-order valence-corrected chi connectivity index (χ3v) is 9.32. The first-order chi connectivity index (χ1) is 16.4. The predicted molar refractivity (Wildman–Crippen MR) is 131 cm³/mol. The van der Waals surface area contributed by atoms with Crippen LogP contribution in [0, 0.1) is 5.92 Å². The molecule has 2 amide bonds. The van der Waals surface area contributed by atoms with Crippen molar-refractivity contribution in [3.8, 4) is 0 Å². The van der Waals surface area contributed by atoms with Crippen LogP contribution in [-0.4, -0.2) is 110 Å². The van der Waals surface area contributed by atoms with Crippen LogP contribution in [0.25, 0.3) is 0 Å². The van der Waals surface area contributed by atoms with Gasteiger partial charge >= 0.3 is 6.09 Å². The Morgan fingerprint density at radius 1 is 0.941 bits per heavy atom. The Balaban J connectivity index is 1.43. The van der Waals surface area contributed by atoms with E-state index in [-0.39, 0.29) is 31.5 Å².